The Bertz CT molecular complexity index is 694. The Kier molecular flexibility index (Phi) is 5.34. The van der Waals surface area contributed by atoms with Crippen molar-refractivity contribution < 1.29 is 19.1 Å². The fraction of sp³-hybridized carbons (Fsp3) is 0.353. The lowest BCUT2D eigenvalue weighted by Gasteiger charge is -2.21. The number of carbonyl (C=O) groups is 1. The van der Waals surface area contributed by atoms with Crippen LogP contribution >= 0.6 is 11.6 Å². The van der Waals surface area contributed by atoms with Crippen LogP contribution in [0.25, 0.3) is 0 Å². The number of nitrogens with one attached hydrogen (secondary N) is 1. The van der Waals surface area contributed by atoms with E-state index in [2.05, 4.69) is 5.32 Å². The van der Waals surface area contributed by atoms with Crippen LogP contribution in [0.15, 0.2) is 34.7 Å². The van der Waals surface area contributed by atoms with Gasteiger partial charge in [0.25, 0.3) is 0 Å². The molecule has 2 rings (SSSR count). The van der Waals surface area contributed by atoms with Gasteiger partial charge in [0.1, 0.15) is 22.9 Å². The molecule has 124 valence electrons. The molecular weight excluding hydrogens is 318 g/mol. The molecule has 5 nitrogen and oxygen atoms in total. The van der Waals surface area contributed by atoms with E-state index in [4.69, 9.17) is 20.8 Å². The highest BCUT2D eigenvalue weighted by Gasteiger charge is 2.27. The number of aryl methyl sites for hydroxylation is 1. The summed E-state index contributed by atoms with van der Waals surface area (Å²) in [5.74, 6) is 1.40. The standard InChI is InChI=1S/C17H20ClNO4/c1-11-7-8-15(23-11)17(2,21)10-19-16(20)9-12-13(18)5-4-6-14(12)22-3/h4-8,21H,9-10H2,1-3H3,(H,19,20)/t17-/m1/s1. The van der Waals surface area contributed by atoms with E-state index in [1.54, 1.807) is 44.2 Å². The Hall–Kier alpha value is -1.98. The maximum Gasteiger partial charge on any atom is 0.224 e. The van der Waals surface area contributed by atoms with Gasteiger partial charge in [-0.15, -0.1) is 0 Å². The zero-order chi connectivity index (χ0) is 17.0. The van der Waals surface area contributed by atoms with E-state index in [9.17, 15) is 9.90 Å². The molecule has 1 aromatic carbocycles. The van der Waals surface area contributed by atoms with Crippen molar-refractivity contribution in [2.75, 3.05) is 13.7 Å². The van der Waals surface area contributed by atoms with Crippen LogP contribution in [-0.2, 0) is 16.8 Å². The maximum atomic E-state index is 12.1. The number of methoxy groups -OCH3 is 1. The minimum atomic E-state index is -1.28. The largest absolute Gasteiger partial charge is 0.496 e. The molecule has 0 aliphatic rings. The minimum Gasteiger partial charge on any atom is -0.496 e. The molecule has 6 heteroatoms. The zero-order valence-electron chi connectivity index (χ0n) is 13.4. The van der Waals surface area contributed by atoms with E-state index in [-0.39, 0.29) is 18.9 Å². The van der Waals surface area contributed by atoms with Crippen LogP contribution in [0.1, 0.15) is 24.0 Å². The van der Waals surface area contributed by atoms with Gasteiger partial charge < -0.3 is 19.6 Å². The number of hydrogen-bond donors (Lipinski definition) is 2. The molecule has 2 N–H and O–H groups in total. The predicted octanol–water partition coefficient (Wildman–Crippen LogP) is 2.82. The molecule has 1 atom stereocenters. The summed E-state index contributed by atoms with van der Waals surface area (Å²) in [5, 5.41) is 13.6. The van der Waals surface area contributed by atoms with Crippen LogP contribution in [0.5, 0.6) is 5.75 Å². The third-order valence-electron chi connectivity index (χ3n) is 3.53. The van der Waals surface area contributed by atoms with Crippen molar-refractivity contribution in [1.82, 2.24) is 5.32 Å². The second-order valence-corrected chi connectivity index (χ2v) is 5.97. The second kappa shape index (κ2) is 7.06. The molecule has 1 amide bonds. The normalized spacial score (nSPS) is 13.4. The van der Waals surface area contributed by atoms with Crippen LogP contribution in [0.3, 0.4) is 0 Å². The molecule has 0 aliphatic heterocycles. The number of carbonyl (C=O) groups excluding carboxylic acids is 1. The van der Waals surface area contributed by atoms with Gasteiger partial charge in [-0.05, 0) is 38.1 Å². The van der Waals surface area contributed by atoms with Crippen LogP contribution in [0.2, 0.25) is 5.02 Å². The first-order chi connectivity index (χ1) is 10.8. The first-order valence-electron chi connectivity index (χ1n) is 7.21. The topological polar surface area (TPSA) is 71.7 Å². The highest BCUT2D eigenvalue weighted by molar-refractivity contribution is 6.31. The molecule has 0 aliphatic carbocycles. The highest BCUT2D eigenvalue weighted by atomic mass is 35.5. The van der Waals surface area contributed by atoms with Gasteiger partial charge in [-0.1, -0.05) is 17.7 Å². The van der Waals surface area contributed by atoms with Crippen LogP contribution < -0.4 is 10.1 Å². The summed E-state index contributed by atoms with van der Waals surface area (Å²) in [5.41, 5.74) is -0.670. The van der Waals surface area contributed by atoms with E-state index in [0.717, 1.165) is 0 Å². The van der Waals surface area contributed by atoms with Crippen LogP contribution in [-0.4, -0.2) is 24.7 Å². The van der Waals surface area contributed by atoms with Gasteiger partial charge in [0.05, 0.1) is 20.1 Å². The first-order valence-corrected chi connectivity index (χ1v) is 7.58. The van der Waals surface area contributed by atoms with Gasteiger partial charge in [-0.3, -0.25) is 4.79 Å². The lowest BCUT2D eigenvalue weighted by atomic mass is 10.0. The Balaban J connectivity index is 2.01. The average Bonchev–Trinajstić information content (AvgIpc) is 2.95. The number of ether oxygens (including phenoxy) is 1. The fourth-order valence-electron chi connectivity index (χ4n) is 2.21. The van der Waals surface area contributed by atoms with Crippen LogP contribution in [0.4, 0.5) is 0 Å². The molecule has 1 heterocycles. The summed E-state index contributed by atoms with van der Waals surface area (Å²) in [6.07, 6.45) is 0.0656. The highest BCUT2D eigenvalue weighted by Crippen LogP contribution is 2.27. The van der Waals surface area contributed by atoms with E-state index in [0.29, 0.717) is 27.9 Å². The van der Waals surface area contributed by atoms with E-state index in [1.165, 1.54) is 7.11 Å². The second-order valence-electron chi connectivity index (χ2n) is 5.56. The number of furan rings is 1. The summed E-state index contributed by atoms with van der Waals surface area (Å²) in [6, 6.07) is 8.66. The molecule has 2 aromatic rings. The van der Waals surface area contributed by atoms with Gasteiger partial charge >= 0.3 is 0 Å². The number of amides is 1. The lowest BCUT2D eigenvalue weighted by molar-refractivity contribution is -0.121. The molecule has 1 aromatic heterocycles. The van der Waals surface area contributed by atoms with Gasteiger partial charge in [0.2, 0.25) is 5.91 Å². The van der Waals surface area contributed by atoms with Crippen molar-refractivity contribution in [2.45, 2.75) is 25.9 Å². The summed E-state index contributed by atoms with van der Waals surface area (Å²) in [6.45, 7) is 3.41. The Morgan fingerprint density at radius 2 is 2.13 bits per heavy atom. The molecule has 0 saturated carbocycles. The Morgan fingerprint density at radius 1 is 1.39 bits per heavy atom. The monoisotopic (exact) mass is 337 g/mol. The molecular formula is C17H20ClNO4. The molecule has 23 heavy (non-hydrogen) atoms. The lowest BCUT2D eigenvalue weighted by Crippen LogP contribution is -2.39. The Morgan fingerprint density at radius 3 is 2.74 bits per heavy atom. The molecule has 0 radical (unpaired) electrons. The van der Waals surface area contributed by atoms with Crippen molar-refractivity contribution in [3.63, 3.8) is 0 Å². The van der Waals surface area contributed by atoms with E-state index in [1.807, 2.05) is 0 Å². The predicted molar refractivity (Wildman–Crippen MR) is 87.7 cm³/mol. The van der Waals surface area contributed by atoms with Crippen molar-refractivity contribution in [1.29, 1.82) is 0 Å². The summed E-state index contributed by atoms with van der Waals surface area (Å²) in [7, 11) is 1.52. The molecule has 0 fully saturated rings. The third kappa shape index (κ3) is 4.27. The van der Waals surface area contributed by atoms with E-state index < -0.39 is 5.60 Å². The minimum absolute atomic E-state index is 0.0333. The van der Waals surface area contributed by atoms with Crippen molar-refractivity contribution in [2.24, 2.45) is 0 Å². The van der Waals surface area contributed by atoms with Gasteiger partial charge in [0.15, 0.2) is 0 Å². The van der Waals surface area contributed by atoms with Gasteiger partial charge in [-0.2, -0.15) is 0 Å². The van der Waals surface area contributed by atoms with Crippen molar-refractivity contribution in [3.05, 3.63) is 52.4 Å². The number of rotatable bonds is 6. The summed E-state index contributed by atoms with van der Waals surface area (Å²) < 4.78 is 10.6. The Labute approximate surface area is 140 Å². The number of benzene rings is 1. The maximum absolute atomic E-state index is 12.1. The summed E-state index contributed by atoms with van der Waals surface area (Å²) >= 11 is 6.12. The molecule has 0 saturated heterocycles. The molecule has 0 unspecified atom stereocenters. The van der Waals surface area contributed by atoms with E-state index >= 15 is 0 Å². The summed E-state index contributed by atoms with van der Waals surface area (Å²) in [4.78, 5) is 12.1. The van der Waals surface area contributed by atoms with Gasteiger partial charge in [0, 0.05) is 10.6 Å². The fourth-order valence-corrected chi connectivity index (χ4v) is 2.44. The van der Waals surface area contributed by atoms with Crippen molar-refractivity contribution >= 4 is 17.5 Å². The first kappa shape index (κ1) is 17.4. The SMILES string of the molecule is COc1cccc(Cl)c1CC(=O)NC[C@@](C)(O)c1ccc(C)o1. The number of halogens is 1. The number of aliphatic hydroxyl groups is 1. The van der Waals surface area contributed by atoms with Crippen molar-refractivity contribution in [3.8, 4) is 5.75 Å². The smallest absolute Gasteiger partial charge is 0.224 e. The third-order valence-corrected chi connectivity index (χ3v) is 3.89. The molecule has 0 bridgehead atoms. The van der Waals surface area contributed by atoms with Gasteiger partial charge in [-0.25, -0.2) is 0 Å². The quantitative estimate of drug-likeness (QED) is 0.850. The number of hydrogen-bond acceptors (Lipinski definition) is 4. The zero-order valence-corrected chi connectivity index (χ0v) is 14.1. The van der Waals surface area contributed by atoms with Crippen LogP contribution in [0, 0.1) is 6.92 Å². The molecule has 0 spiro atoms. The average molecular weight is 338 g/mol.